The lowest BCUT2D eigenvalue weighted by Gasteiger charge is -2.46. The quantitative estimate of drug-likeness (QED) is 0.541. The number of hydrogen-bond donors (Lipinski definition) is 0. The summed E-state index contributed by atoms with van der Waals surface area (Å²) in [4.78, 5) is 32.8. The van der Waals surface area contributed by atoms with Crippen molar-refractivity contribution >= 4 is 38.4 Å². The number of benzene rings is 2. The molecule has 0 spiro atoms. The summed E-state index contributed by atoms with van der Waals surface area (Å²) in [6.45, 7) is 2.11. The van der Waals surface area contributed by atoms with Gasteiger partial charge in [0.25, 0.3) is 5.91 Å². The standard InChI is InChI=1S/C26H29N5O4S/c1-27-21-9-5-4-8-20(21)26(33)30-12-11-19-18-7-3-6-10-22(18)31(24(19)25(27)30)17-23(32)28-13-15-29(16-14-28)36(2,34)35/h3-10,25H,11-17H2,1-2H3. The number of aromatic nitrogens is 1. The average molecular weight is 508 g/mol. The van der Waals surface area contributed by atoms with Gasteiger partial charge in [0.2, 0.25) is 15.9 Å². The topological polar surface area (TPSA) is 86.2 Å². The summed E-state index contributed by atoms with van der Waals surface area (Å²) in [5.41, 5.74) is 4.72. The van der Waals surface area contributed by atoms with Crippen LogP contribution in [-0.4, -0.2) is 84.9 Å². The number of nitrogens with zero attached hydrogens (tertiary/aromatic N) is 5. The minimum Gasteiger partial charge on any atom is -0.349 e. The van der Waals surface area contributed by atoms with E-state index in [0.717, 1.165) is 28.7 Å². The van der Waals surface area contributed by atoms with E-state index in [1.807, 2.05) is 54.4 Å². The highest BCUT2D eigenvalue weighted by Gasteiger charge is 2.43. The highest BCUT2D eigenvalue weighted by atomic mass is 32.2. The molecule has 2 amide bonds. The molecule has 1 unspecified atom stereocenters. The Bertz CT molecular complexity index is 1490. The summed E-state index contributed by atoms with van der Waals surface area (Å²) in [7, 11) is -1.26. The number of carbonyl (C=O) groups excluding carboxylic acids is 2. The molecule has 3 aliphatic heterocycles. The maximum absolute atomic E-state index is 13.5. The molecule has 0 radical (unpaired) electrons. The van der Waals surface area contributed by atoms with Gasteiger partial charge >= 0.3 is 0 Å². The van der Waals surface area contributed by atoms with Gasteiger partial charge in [-0.3, -0.25) is 9.59 Å². The first-order valence-corrected chi connectivity index (χ1v) is 14.1. The number of anilines is 1. The Morgan fingerprint density at radius 2 is 1.67 bits per heavy atom. The Kier molecular flexibility index (Phi) is 5.34. The van der Waals surface area contributed by atoms with Gasteiger partial charge in [-0.15, -0.1) is 0 Å². The zero-order valence-corrected chi connectivity index (χ0v) is 21.2. The lowest BCUT2D eigenvalue weighted by Crippen LogP contribution is -2.52. The molecule has 0 N–H and O–H groups in total. The van der Waals surface area contributed by atoms with E-state index in [2.05, 4.69) is 15.5 Å². The minimum absolute atomic E-state index is 0.0133. The van der Waals surface area contributed by atoms with Gasteiger partial charge in [0, 0.05) is 50.7 Å². The first-order valence-electron chi connectivity index (χ1n) is 12.2. The molecule has 36 heavy (non-hydrogen) atoms. The molecule has 2 aromatic carbocycles. The van der Waals surface area contributed by atoms with E-state index in [1.165, 1.54) is 16.1 Å². The van der Waals surface area contributed by atoms with Gasteiger partial charge in [-0.1, -0.05) is 30.3 Å². The fraction of sp³-hybridized carbons (Fsp3) is 0.385. The molecule has 1 atom stereocenters. The number of sulfonamides is 1. The predicted molar refractivity (Wildman–Crippen MR) is 137 cm³/mol. The Morgan fingerprint density at radius 3 is 2.42 bits per heavy atom. The Hall–Kier alpha value is -3.37. The van der Waals surface area contributed by atoms with Crippen molar-refractivity contribution in [1.29, 1.82) is 0 Å². The van der Waals surface area contributed by atoms with Gasteiger partial charge < -0.3 is 19.3 Å². The van der Waals surface area contributed by atoms with Crippen molar-refractivity contribution in [2.45, 2.75) is 19.1 Å². The first-order chi connectivity index (χ1) is 17.3. The molecule has 4 heterocycles. The van der Waals surface area contributed by atoms with E-state index in [4.69, 9.17) is 0 Å². The summed E-state index contributed by atoms with van der Waals surface area (Å²) in [5, 5.41) is 1.11. The van der Waals surface area contributed by atoms with E-state index < -0.39 is 10.0 Å². The highest BCUT2D eigenvalue weighted by Crippen LogP contribution is 2.44. The van der Waals surface area contributed by atoms with Crippen LogP contribution in [0.25, 0.3) is 10.9 Å². The first kappa shape index (κ1) is 23.1. The van der Waals surface area contributed by atoms with Crippen molar-refractivity contribution in [2.24, 2.45) is 0 Å². The third kappa shape index (κ3) is 3.50. The summed E-state index contributed by atoms with van der Waals surface area (Å²) < 4.78 is 27.3. The van der Waals surface area contributed by atoms with Gasteiger partial charge in [-0.2, -0.15) is 4.31 Å². The van der Waals surface area contributed by atoms with Gasteiger partial charge in [0.15, 0.2) is 0 Å². The number of amides is 2. The average Bonchev–Trinajstić information content (AvgIpc) is 3.20. The van der Waals surface area contributed by atoms with Gasteiger partial charge in [0.05, 0.1) is 23.2 Å². The summed E-state index contributed by atoms with van der Waals surface area (Å²) >= 11 is 0. The molecule has 3 aromatic rings. The van der Waals surface area contributed by atoms with Crippen LogP contribution < -0.4 is 4.90 Å². The predicted octanol–water partition coefficient (Wildman–Crippen LogP) is 1.89. The highest BCUT2D eigenvalue weighted by molar-refractivity contribution is 7.88. The molecule has 1 saturated heterocycles. The zero-order chi connectivity index (χ0) is 25.2. The third-order valence-corrected chi connectivity index (χ3v) is 9.06. The van der Waals surface area contributed by atoms with E-state index in [0.29, 0.717) is 38.3 Å². The molecular formula is C26H29N5O4S. The number of fused-ring (bicyclic) bond motifs is 6. The molecule has 9 nitrogen and oxygen atoms in total. The van der Waals surface area contributed by atoms with Crippen LogP contribution in [0.3, 0.4) is 0 Å². The number of hydrogen-bond acceptors (Lipinski definition) is 5. The number of rotatable bonds is 3. The van der Waals surface area contributed by atoms with E-state index in [-0.39, 0.29) is 24.5 Å². The lowest BCUT2D eigenvalue weighted by atomic mass is 9.96. The van der Waals surface area contributed by atoms with E-state index in [9.17, 15) is 18.0 Å². The number of para-hydroxylation sites is 2. The van der Waals surface area contributed by atoms with Crippen molar-refractivity contribution in [3.05, 3.63) is 65.4 Å². The monoisotopic (exact) mass is 507 g/mol. The molecule has 0 aliphatic carbocycles. The second kappa shape index (κ2) is 8.35. The van der Waals surface area contributed by atoms with Crippen LogP contribution in [0.4, 0.5) is 5.69 Å². The molecule has 0 bridgehead atoms. The Balaban J connectivity index is 1.39. The van der Waals surface area contributed by atoms with Crippen LogP contribution >= 0.6 is 0 Å². The smallest absolute Gasteiger partial charge is 0.257 e. The Morgan fingerprint density at radius 1 is 0.972 bits per heavy atom. The van der Waals surface area contributed by atoms with Gasteiger partial charge in [-0.05, 0) is 30.2 Å². The van der Waals surface area contributed by atoms with Crippen LogP contribution in [-0.2, 0) is 27.8 Å². The maximum atomic E-state index is 13.5. The van der Waals surface area contributed by atoms with Gasteiger partial charge in [0.1, 0.15) is 12.7 Å². The molecule has 1 aromatic heterocycles. The maximum Gasteiger partial charge on any atom is 0.257 e. The fourth-order valence-electron chi connectivity index (χ4n) is 5.98. The van der Waals surface area contributed by atoms with Crippen LogP contribution in [0, 0.1) is 0 Å². The van der Waals surface area contributed by atoms with Crippen molar-refractivity contribution in [3.63, 3.8) is 0 Å². The van der Waals surface area contributed by atoms with Crippen molar-refractivity contribution in [2.75, 3.05) is 50.9 Å². The zero-order valence-electron chi connectivity index (χ0n) is 20.4. The fourth-order valence-corrected chi connectivity index (χ4v) is 6.81. The summed E-state index contributed by atoms with van der Waals surface area (Å²) in [6.07, 6.45) is 1.62. The van der Waals surface area contributed by atoms with E-state index in [1.54, 1.807) is 4.90 Å². The van der Waals surface area contributed by atoms with Crippen molar-refractivity contribution < 1.29 is 18.0 Å². The number of carbonyl (C=O) groups is 2. The van der Waals surface area contributed by atoms with Gasteiger partial charge in [-0.25, -0.2) is 8.42 Å². The second-order valence-electron chi connectivity index (χ2n) is 9.76. The third-order valence-electron chi connectivity index (χ3n) is 7.76. The summed E-state index contributed by atoms with van der Waals surface area (Å²) in [5.74, 6) is -0.0339. The van der Waals surface area contributed by atoms with Crippen LogP contribution in [0.1, 0.15) is 27.8 Å². The number of piperazine rings is 1. The SMILES string of the molecule is CN1c2ccccc2C(=O)N2CCc3c(n(CC(=O)N4CCN(S(C)(=O)=O)CC4)c4ccccc34)C21. The molecule has 6 rings (SSSR count). The van der Waals surface area contributed by atoms with Crippen LogP contribution in [0.15, 0.2) is 48.5 Å². The van der Waals surface area contributed by atoms with Crippen LogP contribution in [0.5, 0.6) is 0 Å². The Labute approximate surface area is 210 Å². The molecule has 3 aliphatic rings. The van der Waals surface area contributed by atoms with Crippen molar-refractivity contribution in [1.82, 2.24) is 18.7 Å². The molecular weight excluding hydrogens is 478 g/mol. The minimum atomic E-state index is -3.27. The lowest BCUT2D eigenvalue weighted by molar-refractivity contribution is -0.133. The molecule has 0 saturated carbocycles. The normalized spacial score (nSPS) is 20.3. The molecule has 1 fully saturated rings. The van der Waals surface area contributed by atoms with Crippen molar-refractivity contribution in [3.8, 4) is 0 Å². The summed E-state index contributed by atoms with van der Waals surface area (Å²) in [6, 6.07) is 15.8. The van der Waals surface area contributed by atoms with E-state index >= 15 is 0 Å². The van der Waals surface area contributed by atoms with Crippen LogP contribution in [0.2, 0.25) is 0 Å². The largest absolute Gasteiger partial charge is 0.349 e. The molecule has 188 valence electrons. The second-order valence-corrected chi connectivity index (χ2v) is 11.7. The molecule has 10 heteroatoms.